The Kier molecular flexibility index (Phi) is 8.06. The number of hydrogen-bond donors (Lipinski definition) is 3. The van der Waals surface area contributed by atoms with Gasteiger partial charge in [-0.1, -0.05) is 30.3 Å². The molecule has 0 unspecified atom stereocenters. The number of aliphatic hydroxyl groups excluding tert-OH is 1. The van der Waals surface area contributed by atoms with Gasteiger partial charge >= 0.3 is 12.1 Å². The predicted molar refractivity (Wildman–Crippen MR) is 96.9 cm³/mol. The molecule has 8 nitrogen and oxygen atoms in total. The molecule has 0 aromatic heterocycles. The second kappa shape index (κ2) is 10.5. The maximum absolute atomic E-state index is 12.2. The molecule has 1 aliphatic heterocycles. The third-order valence-corrected chi connectivity index (χ3v) is 4.49. The van der Waals surface area contributed by atoms with Crippen molar-refractivity contribution < 1.29 is 29.3 Å². The van der Waals surface area contributed by atoms with Crippen molar-refractivity contribution in [2.75, 3.05) is 13.1 Å². The van der Waals surface area contributed by atoms with Crippen molar-refractivity contribution in [1.29, 1.82) is 0 Å². The quantitative estimate of drug-likeness (QED) is 0.561. The molecule has 0 saturated carbocycles. The third kappa shape index (κ3) is 6.56. The van der Waals surface area contributed by atoms with Gasteiger partial charge in [-0.2, -0.15) is 0 Å². The molecule has 8 heteroatoms. The Morgan fingerprint density at radius 2 is 1.96 bits per heavy atom. The van der Waals surface area contributed by atoms with Gasteiger partial charge in [-0.05, 0) is 37.7 Å². The Bertz CT molecular complexity index is 636. The first-order valence-electron chi connectivity index (χ1n) is 9.15. The summed E-state index contributed by atoms with van der Waals surface area (Å²) in [4.78, 5) is 36.1. The van der Waals surface area contributed by atoms with E-state index in [0.717, 1.165) is 5.56 Å². The molecule has 27 heavy (non-hydrogen) atoms. The lowest BCUT2D eigenvalue weighted by Crippen LogP contribution is -2.45. The van der Waals surface area contributed by atoms with Crippen molar-refractivity contribution in [3.05, 3.63) is 35.9 Å². The molecular formula is C19H26N2O6. The van der Waals surface area contributed by atoms with Crippen LogP contribution in [-0.4, -0.2) is 58.3 Å². The molecular weight excluding hydrogens is 352 g/mol. The summed E-state index contributed by atoms with van der Waals surface area (Å²) in [5.41, 5.74) is 0.899. The van der Waals surface area contributed by atoms with Crippen molar-refractivity contribution in [2.45, 2.75) is 50.9 Å². The van der Waals surface area contributed by atoms with Gasteiger partial charge in [0, 0.05) is 13.1 Å². The first-order chi connectivity index (χ1) is 13.0. The Balaban J connectivity index is 1.58. The zero-order chi connectivity index (χ0) is 19.6. The van der Waals surface area contributed by atoms with Crippen LogP contribution in [0.5, 0.6) is 0 Å². The molecule has 1 aliphatic rings. The lowest BCUT2D eigenvalue weighted by atomic mass is 10.1. The van der Waals surface area contributed by atoms with E-state index in [1.807, 2.05) is 30.3 Å². The van der Waals surface area contributed by atoms with E-state index in [0.29, 0.717) is 38.8 Å². The van der Waals surface area contributed by atoms with Gasteiger partial charge in [0.2, 0.25) is 0 Å². The predicted octanol–water partition coefficient (Wildman–Crippen LogP) is 1.52. The maximum atomic E-state index is 12.2. The lowest BCUT2D eigenvalue weighted by molar-refractivity contribution is -0.152. The molecule has 1 aromatic carbocycles. The molecule has 0 radical (unpaired) electrons. The number of nitrogens with one attached hydrogen (secondary N) is 1. The molecule has 1 saturated heterocycles. The van der Waals surface area contributed by atoms with Gasteiger partial charge in [0.25, 0.3) is 5.91 Å². The van der Waals surface area contributed by atoms with Crippen LogP contribution >= 0.6 is 0 Å². The topological polar surface area (TPSA) is 116 Å². The molecule has 148 valence electrons. The van der Waals surface area contributed by atoms with Gasteiger partial charge in [0.1, 0.15) is 18.8 Å². The molecule has 2 amide bonds. The molecule has 3 N–H and O–H groups in total. The average molecular weight is 378 g/mol. The van der Waals surface area contributed by atoms with E-state index < -0.39 is 30.1 Å². The highest BCUT2D eigenvalue weighted by atomic mass is 16.5. The number of carbonyl (C=O) groups excluding carboxylic acids is 2. The maximum Gasteiger partial charge on any atom is 0.407 e. The zero-order valence-corrected chi connectivity index (χ0v) is 15.2. The highest BCUT2D eigenvalue weighted by Crippen LogP contribution is 2.19. The number of hydrogen-bond acceptors (Lipinski definition) is 5. The number of likely N-dealkylation sites (tertiary alicyclic amines) is 1. The lowest BCUT2D eigenvalue weighted by Gasteiger charge is -2.24. The van der Waals surface area contributed by atoms with Crippen LogP contribution in [0.4, 0.5) is 4.79 Å². The van der Waals surface area contributed by atoms with Crippen molar-refractivity contribution in [3.63, 3.8) is 0 Å². The molecule has 1 aromatic rings. The summed E-state index contributed by atoms with van der Waals surface area (Å²) in [6, 6.07) is 8.50. The SMILES string of the molecule is O=C(NCCCC[C@H](O)C(=O)N1CCC[C@H]1C(=O)O)OCc1ccccc1. The number of aliphatic carboxylic acids is 1. The molecule has 0 bridgehead atoms. The van der Waals surface area contributed by atoms with E-state index in [4.69, 9.17) is 9.84 Å². The molecule has 1 fully saturated rings. The number of alkyl carbamates (subject to hydrolysis) is 1. The van der Waals surface area contributed by atoms with Crippen LogP contribution in [0.15, 0.2) is 30.3 Å². The number of ether oxygens (including phenoxy) is 1. The summed E-state index contributed by atoms with van der Waals surface area (Å²) >= 11 is 0. The largest absolute Gasteiger partial charge is 0.480 e. The number of rotatable bonds is 9. The Morgan fingerprint density at radius 3 is 2.67 bits per heavy atom. The van der Waals surface area contributed by atoms with Crippen molar-refractivity contribution in [3.8, 4) is 0 Å². The number of carboxylic acid groups (broad SMARTS) is 1. The van der Waals surface area contributed by atoms with Crippen LogP contribution in [0.25, 0.3) is 0 Å². The first kappa shape index (κ1) is 20.7. The van der Waals surface area contributed by atoms with Gasteiger partial charge in [0.05, 0.1) is 0 Å². The summed E-state index contributed by atoms with van der Waals surface area (Å²) in [6.45, 7) is 0.929. The Labute approximate surface area is 158 Å². The monoisotopic (exact) mass is 378 g/mol. The van der Waals surface area contributed by atoms with Gasteiger partial charge in [-0.15, -0.1) is 0 Å². The summed E-state index contributed by atoms with van der Waals surface area (Å²) in [7, 11) is 0. The zero-order valence-electron chi connectivity index (χ0n) is 15.2. The number of nitrogens with zero attached hydrogens (tertiary/aromatic N) is 1. The fourth-order valence-electron chi connectivity index (χ4n) is 3.03. The summed E-state index contributed by atoms with van der Waals surface area (Å²) in [5, 5.41) is 21.7. The number of amides is 2. The average Bonchev–Trinajstić information content (AvgIpc) is 3.16. The highest BCUT2D eigenvalue weighted by Gasteiger charge is 2.36. The van der Waals surface area contributed by atoms with Crippen LogP contribution in [0.3, 0.4) is 0 Å². The van der Waals surface area contributed by atoms with E-state index in [9.17, 15) is 19.5 Å². The minimum Gasteiger partial charge on any atom is -0.480 e. The van der Waals surface area contributed by atoms with Crippen LogP contribution in [0.1, 0.15) is 37.7 Å². The fraction of sp³-hybridized carbons (Fsp3) is 0.526. The molecule has 0 aliphatic carbocycles. The highest BCUT2D eigenvalue weighted by molar-refractivity contribution is 5.86. The minimum absolute atomic E-state index is 0.195. The van der Waals surface area contributed by atoms with Gasteiger partial charge in [-0.25, -0.2) is 9.59 Å². The van der Waals surface area contributed by atoms with Crippen LogP contribution < -0.4 is 5.32 Å². The van der Waals surface area contributed by atoms with Crippen molar-refractivity contribution >= 4 is 18.0 Å². The van der Waals surface area contributed by atoms with E-state index in [-0.39, 0.29) is 13.0 Å². The third-order valence-electron chi connectivity index (χ3n) is 4.49. The Hall–Kier alpha value is -2.61. The van der Waals surface area contributed by atoms with E-state index in [1.165, 1.54) is 4.90 Å². The van der Waals surface area contributed by atoms with Crippen molar-refractivity contribution in [2.24, 2.45) is 0 Å². The summed E-state index contributed by atoms with van der Waals surface area (Å²) in [5.74, 6) is -1.57. The van der Waals surface area contributed by atoms with Crippen LogP contribution in [0, 0.1) is 0 Å². The summed E-state index contributed by atoms with van der Waals surface area (Å²) < 4.78 is 5.08. The van der Waals surface area contributed by atoms with Crippen LogP contribution in [0.2, 0.25) is 0 Å². The second-order valence-corrected chi connectivity index (χ2v) is 6.53. The smallest absolute Gasteiger partial charge is 0.407 e. The molecule has 2 atom stereocenters. The second-order valence-electron chi connectivity index (χ2n) is 6.53. The van der Waals surface area contributed by atoms with Gasteiger partial charge in [0.15, 0.2) is 0 Å². The van der Waals surface area contributed by atoms with E-state index >= 15 is 0 Å². The van der Waals surface area contributed by atoms with Gasteiger partial charge in [-0.3, -0.25) is 4.79 Å². The molecule has 0 spiro atoms. The first-order valence-corrected chi connectivity index (χ1v) is 9.15. The Morgan fingerprint density at radius 1 is 1.22 bits per heavy atom. The number of carbonyl (C=O) groups is 3. The van der Waals surface area contributed by atoms with Crippen LogP contribution in [-0.2, 0) is 20.9 Å². The van der Waals surface area contributed by atoms with Crippen molar-refractivity contribution in [1.82, 2.24) is 10.2 Å². The molecule has 1 heterocycles. The number of unbranched alkanes of at least 4 members (excludes halogenated alkanes) is 1. The number of benzene rings is 1. The summed E-state index contributed by atoms with van der Waals surface area (Å²) in [6.07, 6.45) is 0.645. The number of aliphatic hydroxyl groups is 1. The fourth-order valence-corrected chi connectivity index (χ4v) is 3.03. The van der Waals surface area contributed by atoms with E-state index in [1.54, 1.807) is 0 Å². The normalized spacial score (nSPS) is 17.4. The van der Waals surface area contributed by atoms with Gasteiger partial charge < -0.3 is 25.2 Å². The minimum atomic E-state index is -1.21. The van der Waals surface area contributed by atoms with E-state index in [2.05, 4.69) is 5.32 Å². The number of carboxylic acids is 1. The molecule has 2 rings (SSSR count). The standard InChI is InChI=1S/C19H26N2O6/c22-16(17(23)21-12-6-9-15(21)18(24)25)10-4-5-11-20-19(26)27-13-14-7-2-1-3-8-14/h1-3,7-8,15-16,22H,4-6,9-13H2,(H,20,26)(H,24,25)/t15-,16-/m0/s1.